The van der Waals surface area contributed by atoms with E-state index in [1.165, 1.54) is 18.2 Å². The zero-order chi connectivity index (χ0) is 27.9. The Hall–Kier alpha value is -4.22. The fraction of sp³-hybridized carbons (Fsp3) is 0.346. The molecule has 1 aromatic heterocycles. The highest BCUT2D eigenvalue weighted by atomic mass is 19.4. The van der Waals surface area contributed by atoms with Crippen LogP contribution in [0, 0.1) is 12.8 Å². The molecule has 0 bridgehead atoms. The second kappa shape index (κ2) is 12.3. The maximum absolute atomic E-state index is 12.7. The van der Waals surface area contributed by atoms with E-state index in [0.717, 1.165) is 16.7 Å². The number of aryl methyl sites for hydroxylation is 1. The number of anilines is 2. The van der Waals surface area contributed by atoms with Crippen molar-refractivity contribution in [1.82, 2.24) is 10.2 Å². The summed E-state index contributed by atoms with van der Waals surface area (Å²) >= 11 is 0. The number of likely N-dealkylation sites (tertiary alicyclic amines) is 1. The number of amides is 3. The third kappa shape index (κ3) is 7.64. The van der Waals surface area contributed by atoms with Gasteiger partial charge in [-0.15, -0.1) is 0 Å². The van der Waals surface area contributed by atoms with Gasteiger partial charge in [0.25, 0.3) is 5.82 Å². The first-order valence-electron chi connectivity index (χ1n) is 11.9. The van der Waals surface area contributed by atoms with E-state index in [1.54, 1.807) is 37.5 Å². The van der Waals surface area contributed by atoms with Crippen LogP contribution in [0.1, 0.15) is 29.5 Å². The SMILES string of the molecule is CN/C(=C\C(=C/N)c1cc[nH+]c(NC(=O)OC)c1)c1cc(NC(=O)N2CCC(CC(F)(F)F)C2)ccc1C. The van der Waals surface area contributed by atoms with Crippen molar-refractivity contribution in [2.45, 2.75) is 25.9 Å². The number of benzene rings is 1. The molecule has 2 heterocycles. The lowest BCUT2D eigenvalue weighted by Crippen LogP contribution is -2.33. The predicted octanol–water partition coefficient (Wildman–Crippen LogP) is 4.35. The molecule has 3 rings (SSSR count). The third-order valence-corrected chi connectivity index (χ3v) is 6.18. The number of rotatable bonds is 7. The topological polar surface area (TPSA) is 123 Å². The van der Waals surface area contributed by atoms with Crippen LogP contribution in [0.3, 0.4) is 0 Å². The molecule has 1 saturated heterocycles. The Bertz CT molecular complexity index is 1230. The van der Waals surface area contributed by atoms with Crippen LogP contribution >= 0.6 is 0 Å². The number of halogens is 3. The van der Waals surface area contributed by atoms with Crippen LogP contribution in [-0.2, 0) is 4.74 Å². The first-order valence-corrected chi connectivity index (χ1v) is 11.9. The van der Waals surface area contributed by atoms with Gasteiger partial charge in [0.2, 0.25) is 0 Å². The minimum absolute atomic E-state index is 0.0672. The van der Waals surface area contributed by atoms with Gasteiger partial charge in [0, 0.05) is 55.8 Å². The standard InChI is InChI=1S/C26H31F3N6O3/c1-16-4-5-20(33-24(36)35-9-7-17(15-35)13-26(27,28)29)12-21(16)22(31-2)10-19(14-30)18-6-8-32-23(11-18)34-25(37)38-3/h4-6,8,10-12,14,17,31H,7,9,13,15,30H2,1-3H3,(H,33,36)(H,32,34,37)/p+1/b19-14+,22-10-. The number of H-pyrrole nitrogens is 1. The van der Waals surface area contributed by atoms with E-state index in [2.05, 4.69) is 25.7 Å². The van der Waals surface area contributed by atoms with Gasteiger partial charge in [-0.3, -0.25) is 0 Å². The number of aromatic amines is 1. The molecule has 3 amide bonds. The molecule has 1 fully saturated rings. The lowest BCUT2D eigenvalue weighted by atomic mass is 10.0. The molecule has 1 aliphatic heterocycles. The number of nitrogens with one attached hydrogen (secondary N) is 4. The Balaban J connectivity index is 1.79. The Morgan fingerprint density at radius 1 is 1.24 bits per heavy atom. The van der Waals surface area contributed by atoms with Crippen molar-refractivity contribution in [2.24, 2.45) is 11.7 Å². The maximum atomic E-state index is 12.7. The maximum Gasteiger partial charge on any atom is 0.504 e. The van der Waals surface area contributed by atoms with Crippen LogP contribution in [0.4, 0.5) is 34.3 Å². The molecular weight excluding hydrogens is 501 g/mol. The highest BCUT2D eigenvalue weighted by molar-refractivity contribution is 5.91. The van der Waals surface area contributed by atoms with E-state index in [1.807, 2.05) is 19.1 Å². The molecule has 6 N–H and O–H groups in total. The van der Waals surface area contributed by atoms with Crippen molar-refractivity contribution in [2.75, 3.05) is 37.9 Å². The number of allylic oxidation sites excluding steroid dienone is 2. The second-order valence-corrected chi connectivity index (χ2v) is 8.92. The molecule has 1 atom stereocenters. The van der Waals surface area contributed by atoms with Gasteiger partial charge in [-0.1, -0.05) is 6.07 Å². The minimum Gasteiger partial charge on any atom is -0.435 e. The monoisotopic (exact) mass is 533 g/mol. The summed E-state index contributed by atoms with van der Waals surface area (Å²) in [6.45, 7) is 2.26. The summed E-state index contributed by atoms with van der Waals surface area (Å²) in [6, 6.07) is 8.42. The Morgan fingerprint density at radius 2 is 2.00 bits per heavy atom. The van der Waals surface area contributed by atoms with Gasteiger partial charge in [-0.05, 0) is 60.2 Å². The highest BCUT2D eigenvalue weighted by Gasteiger charge is 2.36. The predicted molar refractivity (Wildman–Crippen MR) is 139 cm³/mol. The molecule has 0 spiro atoms. The summed E-state index contributed by atoms with van der Waals surface area (Å²) < 4.78 is 42.8. The van der Waals surface area contributed by atoms with Crippen LogP contribution in [0.15, 0.2) is 48.8 Å². The molecule has 12 heteroatoms. The normalized spacial score (nSPS) is 16.3. The van der Waals surface area contributed by atoms with E-state index in [-0.39, 0.29) is 13.1 Å². The number of hydrogen-bond donors (Lipinski definition) is 4. The fourth-order valence-corrected chi connectivity index (χ4v) is 4.25. The molecular formula is C26H32F3N6O3+. The average molecular weight is 534 g/mol. The summed E-state index contributed by atoms with van der Waals surface area (Å²) in [5, 5.41) is 8.51. The second-order valence-electron chi connectivity index (χ2n) is 8.92. The van der Waals surface area contributed by atoms with E-state index < -0.39 is 30.6 Å². The molecule has 0 aliphatic carbocycles. The van der Waals surface area contributed by atoms with E-state index in [4.69, 9.17) is 5.73 Å². The minimum atomic E-state index is -4.24. The molecule has 1 unspecified atom stereocenters. The molecule has 2 aromatic rings. The van der Waals surface area contributed by atoms with Crippen molar-refractivity contribution in [3.63, 3.8) is 0 Å². The number of aromatic nitrogens is 1. The molecule has 38 heavy (non-hydrogen) atoms. The van der Waals surface area contributed by atoms with E-state index in [0.29, 0.717) is 29.2 Å². The van der Waals surface area contributed by atoms with E-state index >= 15 is 0 Å². The molecule has 9 nitrogen and oxygen atoms in total. The van der Waals surface area contributed by atoms with Crippen LogP contribution in [-0.4, -0.2) is 50.4 Å². The van der Waals surface area contributed by atoms with Gasteiger partial charge in [0.1, 0.15) is 0 Å². The van der Waals surface area contributed by atoms with Crippen LogP contribution in [0.5, 0.6) is 0 Å². The van der Waals surface area contributed by atoms with Gasteiger partial charge >= 0.3 is 18.3 Å². The number of urea groups is 1. The van der Waals surface area contributed by atoms with Crippen LogP contribution < -0.4 is 26.7 Å². The molecule has 0 saturated carbocycles. The molecule has 1 aliphatic rings. The highest BCUT2D eigenvalue weighted by Crippen LogP contribution is 2.31. The zero-order valence-electron chi connectivity index (χ0n) is 21.4. The number of carbonyl (C=O) groups is 2. The largest absolute Gasteiger partial charge is 0.504 e. The fourth-order valence-electron chi connectivity index (χ4n) is 4.25. The van der Waals surface area contributed by atoms with Crippen LogP contribution in [0.25, 0.3) is 11.3 Å². The van der Waals surface area contributed by atoms with Gasteiger partial charge in [0.15, 0.2) is 0 Å². The number of ether oxygens (including phenoxy) is 1. The average Bonchev–Trinajstić information content (AvgIpc) is 3.33. The number of methoxy groups -OCH3 is 1. The third-order valence-electron chi connectivity index (χ3n) is 6.18. The quantitative estimate of drug-likeness (QED) is 0.394. The summed E-state index contributed by atoms with van der Waals surface area (Å²) in [4.78, 5) is 28.6. The van der Waals surface area contributed by atoms with Crippen molar-refractivity contribution < 1.29 is 32.5 Å². The summed E-state index contributed by atoms with van der Waals surface area (Å²) in [6.07, 6.45) is -0.529. The molecule has 204 valence electrons. The van der Waals surface area contributed by atoms with Crippen molar-refractivity contribution in [3.8, 4) is 0 Å². The number of carbonyl (C=O) groups excluding carboxylic acids is 2. The molecule has 0 radical (unpaired) electrons. The summed E-state index contributed by atoms with van der Waals surface area (Å²) in [5.74, 6) is -0.179. The first kappa shape index (κ1) is 28.4. The van der Waals surface area contributed by atoms with Crippen molar-refractivity contribution in [1.29, 1.82) is 0 Å². The van der Waals surface area contributed by atoms with Gasteiger partial charge in [-0.25, -0.2) is 9.78 Å². The van der Waals surface area contributed by atoms with Gasteiger partial charge in [0.05, 0.1) is 13.3 Å². The summed E-state index contributed by atoms with van der Waals surface area (Å²) in [5.41, 5.74) is 10.2. The smallest absolute Gasteiger partial charge is 0.435 e. The Morgan fingerprint density at radius 3 is 2.66 bits per heavy atom. The Kier molecular flexibility index (Phi) is 9.21. The number of alkyl halides is 3. The van der Waals surface area contributed by atoms with Gasteiger partial charge in [-0.2, -0.15) is 23.3 Å². The summed E-state index contributed by atoms with van der Waals surface area (Å²) in [7, 11) is 3.01. The first-order chi connectivity index (χ1) is 18.0. The number of pyridine rings is 1. The Labute approximate surface area is 218 Å². The van der Waals surface area contributed by atoms with Crippen molar-refractivity contribution in [3.05, 3.63) is 65.5 Å². The van der Waals surface area contributed by atoms with Gasteiger partial charge < -0.3 is 26.0 Å². The number of hydrogen-bond acceptors (Lipinski definition) is 5. The lowest BCUT2D eigenvalue weighted by molar-refractivity contribution is -0.360. The number of nitrogens with zero attached hydrogens (tertiary/aromatic N) is 1. The lowest BCUT2D eigenvalue weighted by Gasteiger charge is -2.19. The molecule has 1 aromatic carbocycles. The zero-order valence-corrected chi connectivity index (χ0v) is 21.4. The number of nitrogens with two attached hydrogens (primary N) is 1. The van der Waals surface area contributed by atoms with Crippen LogP contribution in [0.2, 0.25) is 0 Å². The van der Waals surface area contributed by atoms with Crippen molar-refractivity contribution >= 4 is 34.9 Å². The van der Waals surface area contributed by atoms with E-state index in [9.17, 15) is 22.8 Å².